The van der Waals surface area contributed by atoms with Gasteiger partial charge >= 0.3 is 18.1 Å². The number of carbonyl (C=O) groups excluding carboxylic acids is 1. The highest BCUT2D eigenvalue weighted by molar-refractivity contribution is 5.87. The van der Waals surface area contributed by atoms with Crippen molar-refractivity contribution >= 4 is 29.8 Å². The van der Waals surface area contributed by atoms with Crippen LogP contribution >= 0.6 is 0 Å². The molecule has 0 saturated carbocycles. The smallest absolute Gasteiger partial charge is 0.429 e. The highest BCUT2D eigenvalue weighted by Gasteiger charge is 2.46. The first-order chi connectivity index (χ1) is 21.4. The molecular formula is C30H34F3N7O5. The zero-order valence-electron chi connectivity index (χ0n) is 24.8. The van der Waals surface area contributed by atoms with Crippen LogP contribution in [0.15, 0.2) is 42.6 Å². The van der Waals surface area contributed by atoms with Gasteiger partial charge in [-0.2, -0.15) is 28.2 Å². The number of nitrogens with zero attached hydrogens (tertiary/aromatic N) is 5. The maximum absolute atomic E-state index is 14.8. The molecule has 2 saturated heterocycles. The van der Waals surface area contributed by atoms with Crippen LogP contribution in [0.4, 0.5) is 24.9 Å². The average molecular weight is 630 g/mol. The Labute approximate surface area is 257 Å². The van der Waals surface area contributed by atoms with Crippen LogP contribution in [0.5, 0.6) is 5.88 Å². The average Bonchev–Trinajstić information content (AvgIpc) is 3.61. The predicted molar refractivity (Wildman–Crippen MR) is 158 cm³/mol. The number of piperidine rings is 1. The summed E-state index contributed by atoms with van der Waals surface area (Å²) < 4.78 is 56.1. The SMILES string of the molecule is CCOC(=O)C=Cc1ccc(-n2ccc(C)n2)c([C@@H](Oc2cc(N3CCC4(CC3)CNC(C(=O)O)C4)nc(N)n2)C(F)(F)F)c1. The van der Waals surface area contributed by atoms with Gasteiger partial charge in [0.25, 0.3) is 0 Å². The lowest BCUT2D eigenvalue weighted by Gasteiger charge is -2.39. The van der Waals surface area contributed by atoms with Crippen LogP contribution in [-0.2, 0) is 14.3 Å². The lowest BCUT2D eigenvalue weighted by molar-refractivity contribution is -0.198. The van der Waals surface area contributed by atoms with Gasteiger partial charge in [0.05, 0.1) is 18.0 Å². The number of esters is 1. The summed E-state index contributed by atoms with van der Waals surface area (Å²) in [4.78, 5) is 33.4. The molecule has 1 unspecified atom stereocenters. The number of alkyl halides is 3. The quantitative estimate of drug-likeness (QED) is 0.233. The Bertz CT molecular complexity index is 1580. The van der Waals surface area contributed by atoms with Gasteiger partial charge < -0.3 is 30.5 Å². The van der Waals surface area contributed by atoms with Gasteiger partial charge in [-0.15, -0.1) is 0 Å². The standard InChI is InChI=1S/C30H34F3N7O5/c1-3-44-25(41)7-5-19-4-6-22(40-11-8-18(2)38-40)20(14-19)26(30(31,32)33)45-24-15-23(36-28(34)37-24)39-12-9-29(10-13-39)16-21(27(42)43)35-17-29/h4-8,11,14-15,21,26,35H,3,9-10,12-13,16-17H2,1-2H3,(H,42,43)(H2,34,36,37)/t21?,26-/m1/s1. The van der Waals surface area contributed by atoms with Crippen LogP contribution in [0.3, 0.4) is 0 Å². The minimum absolute atomic E-state index is 0.118. The van der Waals surface area contributed by atoms with Crippen molar-refractivity contribution in [1.29, 1.82) is 0 Å². The first-order valence-electron chi connectivity index (χ1n) is 14.5. The fraction of sp³-hybridized carbons (Fsp3) is 0.433. The number of anilines is 2. The van der Waals surface area contributed by atoms with E-state index in [9.17, 15) is 27.9 Å². The zero-order valence-corrected chi connectivity index (χ0v) is 24.8. The van der Waals surface area contributed by atoms with Gasteiger partial charge in [0, 0.05) is 43.5 Å². The number of aryl methyl sites for hydroxylation is 1. The van der Waals surface area contributed by atoms with E-state index >= 15 is 0 Å². The number of nitrogen functional groups attached to an aromatic ring is 1. The molecule has 2 aromatic heterocycles. The molecule has 0 amide bonds. The highest BCUT2D eigenvalue weighted by Crippen LogP contribution is 2.42. The minimum atomic E-state index is -4.89. The number of nitrogens with two attached hydrogens (primary N) is 1. The van der Waals surface area contributed by atoms with Crippen LogP contribution in [-0.4, -0.2) is 75.3 Å². The normalized spacial score (nSPS) is 18.8. The van der Waals surface area contributed by atoms with Gasteiger partial charge in [0.1, 0.15) is 11.9 Å². The molecule has 4 N–H and O–H groups in total. The Kier molecular flexibility index (Phi) is 9.00. The van der Waals surface area contributed by atoms with Crippen molar-refractivity contribution in [2.75, 3.05) is 36.9 Å². The summed E-state index contributed by atoms with van der Waals surface area (Å²) in [5.41, 5.74) is 6.52. The van der Waals surface area contributed by atoms with E-state index in [-0.39, 0.29) is 35.1 Å². The summed E-state index contributed by atoms with van der Waals surface area (Å²) in [5, 5.41) is 16.7. The van der Waals surface area contributed by atoms with E-state index in [2.05, 4.69) is 20.4 Å². The molecule has 12 nitrogen and oxygen atoms in total. The van der Waals surface area contributed by atoms with E-state index in [1.54, 1.807) is 26.0 Å². The number of nitrogens with one attached hydrogen (secondary N) is 1. The van der Waals surface area contributed by atoms with E-state index in [4.69, 9.17) is 15.2 Å². The molecule has 240 valence electrons. The molecule has 2 atom stereocenters. The second kappa shape index (κ2) is 12.8. The predicted octanol–water partition coefficient (Wildman–Crippen LogP) is 3.84. The summed E-state index contributed by atoms with van der Waals surface area (Å²) >= 11 is 0. The Morgan fingerprint density at radius 2 is 1.98 bits per heavy atom. The van der Waals surface area contributed by atoms with Crippen LogP contribution in [0.1, 0.15) is 49.1 Å². The molecule has 45 heavy (non-hydrogen) atoms. The number of carbonyl (C=O) groups is 2. The number of hydrogen-bond donors (Lipinski definition) is 3. The van der Waals surface area contributed by atoms with Gasteiger partial charge in [-0.1, -0.05) is 6.07 Å². The number of benzene rings is 1. The van der Waals surface area contributed by atoms with E-state index in [0.717, 1.165) is 6.08 Å². The highest BCUT2D eigenvalue weighted by atomic mass is 19.4. The Hall–Kier alpha value is -4.66. The maximum Gasteiger partial charge on any atom is 0.429 e. The topological polar surface area (TPSA) is 158 Å². The number of carboxylic acids is 1. The van der Waals surface area contributed by atoms with Crippen molar-refractivity contribution in [2.24, 2.45) is 5.41 Å². The fourth-order valence-corrected chi connectivity index (χ4v) is 5.76. The van der Waals surface area contributed by atoms with Crippen LogP contribution in [0, 0.1) is 12.3 Å². The summed E-state index contributed by atoms with van der Waals surface area (Å²) in [7, 11) is 0. The van der Waals surface area contributed by atoms with Crippen molar-refractivity contribution in [2.45, 2.75) is 51.4 Å². The molecule has 15 heteroatoms. The molecule has 0 radical (unpaired) electrons. The Balaban J connectivity index is 1.44. The second-order valence-electron chi connectivity index (χ2n) is 11.2. The van der Waals surface area contributed by atoms with Crippen molar-refractivity contribution < 1.29 is 37.3 Å². The molecule has 3 aromatic rings. The lowest BCUT2D eigenvalue weighted by Crippen LogP contribution is -2.41. The molecule has 2 aliphatic rings. The third-order valence-corrected chi connectivity index (χ3v) is 8.05. The Morgan fingerprint density at radius 1 is 1.22 bits per heavy atom. The number of hydrogen-bond acceptors (Lipinski definition) is 10. The van der Waals surface area contributed by atoms with Crippen molar-refractivity contribution in [3.63, 3.8) is 0 Å². The third kappa shape index (κ3) is 7.36. The Morgan fingerprint density at radius 3 is 2.60 bits per heavy atom. The fourth-order valence-electron chi connectivity index (χ4n) is 5.76. The zero-order chi connectivity index (χ0) is 32.4. The second-order valence-corrected chi connectivity index (χ2v) is 11.2. The molecule has 5 rings (SSSR count). The molecule has 1 spiro atoms. The molecule has 2 aliphatic heterocycles. The molecule has 0 bridgehead atoms. The van der Waals surface area contributed by atoms with Gasteiger partial charge in [-0.05, 0) is 68.4 Å². The summed E-state index contributed by atoms with van der Waals surface area (Å²) in [5.74, 6) is -1.84. The molecule has 4 heterocycles. The minimum Gasteiger partial charge on any atom is -0.480 e. The number of aromatic nitrogens is 4. The van der Waals surface area contributed by atoms with E-state index in [0.29, 0.717) is 56.0 Å². The van der Waals surface area contributed by atoms with E-state index in [1.807, 2.05) is 4.90 Å². The van der Waals surface area contributed by atoms with E-state index in [1.165, 1.54) is 35.2 Å². The van der Waals surface area contributed by atoms with Gasteiger partial charge in [0.15, 0.2) is 0 Å². The van der Waals surface area contributed by atoms with Crippen molar-refractivity contribution in [3.8, 4) is 11.6 Å². The monoisotopic (exact) mass is 629 g/mol. The first kappa shape index (κ1) is 31.8. The summed E-state index contributed by atoms with van der Waals surface area (Å²) in [6.45, 7) is 5.10. The number of carboxylic acid groups (broad SMARTS) is 1. The lowest BCUT2D eigenvalue weighted by atomic mass is 9.76. The van der Waals surface area contributed by atoms with E-state index < -0.39 is 30.3 Å². The van der Waals surface area contributed by atoms with Crippen molar-refractivity contribution in [1.82, 2.24) is 25.1 Å². The van der Waals surface area contributed by atoms with Gasteiger partial charge in [-0.25, -0.2) is 9.48 Å². The number of ether oxygens (including phenoxy) is 2. The first-order valence-corrected chi connectivity index (χ1v) is 14.5. The molecule has 0 aliphatic carbocycles. The van der Waals surface area contributed by atoms with Crippen LogP contribution in [0.25, 0.3) is 11.8 Å². The summed E-state index contributed by atoms with van der Waals surface area (Å²) in [6.07, 6.45) is -1.50. The van der Waals surface area contributed by atoms with Crippen LogP contribution in [0.2, 0.25) is 0 Å². The third-order valence-electron chi connectivity index (χ3n) is 8.05. The van der Waals surface area contributed by atoms with Crippen molar-refractivity contribution in [3.05, 3.63) is 59.4 Å². The molecule has 1 aromatic carbocycles. The van der Waals surface area contributed by atoms with Crippen LogP contribution < -0.4 is 20.7 Å². The largest absolute Gasteiger partial charge is 0.480 e. The molecular weight excluding hydrogens is 595 g/mol. The van der Waals surface area contributed by atoms with Gasteiger partial charge in [0.2, 0.25) is 17.9 Å². The summed E-state index contributed by atoms with van der Waals surface area (Å²) in [6, 6.07) is 6.68. The number of halogens is 3. The maximum atomic E-state index is 14.8. The van der Waals surface area contributed by atoms with Gasteiger partial charge in [-0.3, -0.25) is 4.79 Å². The number of aliphatic carboxylic acids is 1. The number of rotatable bonds is 9. The molecule has 2 fully saturated rings.